The first kappa shape index (κ1) is 15.1. The van der Waals surface area contributed by atoms with Crippen molar-refractivity contribution in [3.8, 4) is 6.07 Å². The Kier molecular flexibility index (Phi) is 4.49. The molecule has 1 heterocycles. The smallest absolute Gasteiger partial charge is 0.129 e. The number of rotatable bonds is 7. The number of hydrogen-bond donors (Lipinski definition) is 1. The van der Waals surface area contributed by atoms with Crippen molar-refractivity contribution in [3.05, 3.63) is 17.5 Å². The van der Waals surface area contributed by atoms with Crippen molar-refractivity contribution < 1.29 is 0 Å². The molecule has 4 nitrogen and oxygen atoms in total. The van der Waals surface area contributed by atoms with Gasteiger partial charge in [0.2, 0.25) is 0 Å². The van der Waals surface area contributed by atoms with E-state index in [9.17, 15) is 5.26 Å². The summed E-state index contributed by atoms with van der Waals surface area (Å²) in [5.74, 6) is 0.467. The van der Waals surface area contributed by atoms with Crippen LogP contribution < -0.4 is 5.32 Å². The van der Waals surface area contributed by atoms with Crippen LogP contribution in [0.3, 0.4) is 0 Å². The van der Waals surface area contributed by atoms with Crippen LogP contribution in [0.2, 0.25) is 0 Å². The minimum Gasteiger partial charge on any atom is -0.295 e. The van der Waals surface area contributed by atoms with Crippen molar-refractivity contribution in [1.29, 1.82) is 5.26 Å². The largest absolute Gasteiger partial charge is 0.295 e. The normalized spacial score (nSPS) is 18.0. The zero-order valence-electron chi connectivity index (χ0n) is 13.1. The van der Waals surface area contributed by atoms with Gasteiger partial charge in [0.25, 0.3) is 0 Å². The summed E-state index contributed by atoms with van der Waals surface area (Å²) in [6.45, 7) is 9.14. The standard InChI is InChI=1S/C16H26N4/c1-5-14-9-15(6-2)20(19-14)11-16(10-17,13-7-8-13)18-12(3)4/h9,12-13,18H,5-8,11H2,1-4H3. The molecule has 1 fully saturated rings. The number of nitrogens with one attached hydrogen (secondary N) is 1. The molecule has 2 rings (SSSR count). The second-order valence-corrected chi connectivity index (χ2v) is 6.15. The van der Waals surface area contributed by atoms with Gasteiger partial charge in [-0.2, -0.15) is 10.4 Å². The molecule has 1 unspecified atom stereocenters. The average Bonchev–Trinajstić information content (AvgIpc) is 3.20. The fourth-order valence-corrected chi connectivity index (χ4v) is 2.89. The molecular weight excluding hydrogens is 248 g/mol. The van der Waals surface area contributed by atoms with Crippen molar-refractivity contribution in [1.82, 2.24) is 15.1 Å². The summed E-state index contributed by atoms with van der Waals surface area (Å²) in [5.41, 5.74) is 1.89. The molecule has 1 atom stereocenters. The first-order valence-electron chi connectivity index (χ1n) is 7.79. The molecule has 0 aromatic carbocycles. The minimum atomic E-state index is -0.463. The average molecular weight is 274 g/mol. The topological polar surface area (TPSA) is 53.6 Å². The Morgan fingerprint density at radius 3 is 2.60 bits per heavy atom. The Bertz CT molecular complexity index is 493. The van der Waals surface area contributed by atoms with Crippen molar-refractivity contribution in [2.45, 2.75) is 71.5 Å². The van der Waals surface area contributed by atoms with E-state index in [1.807, 2.05) is 0 Å². The Labute approximate surface area is 122 Å². The van der Waals surface area contributed by atoms with Crippen LogP contribution in [0.15, 0.2) is 6.07 Å². The zero-order chi connectivity index (χ0) is 14.8. The lowest BCUT2D eigenvalue weighted by molar-refractivity contribution is 0.280. The molecule has 1 aliphatic carbocycles. The molecule has 1 saturated carbocycles. The van der Waals surface area contributed by atoms with E-state index in [4.69, 9.17) is 0 Å². The van der Waals surface area contributed by atoms with E-state index in [2.05, 4.69) is 54.9 Å². The summed E-state index contributed by atoms with van der Waals surface area (Å²) in [4.78, 5) is 0. The molecule has 20 heavy (non-hydrogen) atoms. The number of aryl methyl sites for hydroxylation is 2. The second-order valence-electron chi connectivity index (χ2n) is 6.15. The summed E-state index contributed by atoms with van der Waals surface area (Å²) in [6.07, 6.45) is 4.20. The molecule has 110 valence electrons. The molecule has 0 bridgehead atoms. The van der Waals surface area contributed by atoms with Gasteiger partial charge in [0, 0.05) is 11.7 Å². The van der Waals surface area contributed by atoms with Gasteiger partial charge in [0.1, 0.15) is 5.54 Å². The summed E-state index contributed by atoms with van der Waals surface area (Å²) in [7, 11) is 0. The third-order valence-electron chi connectivity index (χ3n) is 4.06. The lowest BCUT2D eigenvalue weighted by Gasteiger charge is -2.30. The lowest BCUT2D eigenvalue weighted by atomic mass is 9.93. The van der Waals surface area contributed by atoms with Gasteiger partial charge in [0.05, 0.1) is 18.3 Å². The third kappa shape index (κ3) is 3.04. The maximum absolute atomic E-state index is 9.77. The van der Waals surface area contributed by atoms with E-state index in [0.29, 0.717) is 18.5 Å². The zero-order valence-corrected chi connectivity index (χ0v) is 13.1. The summed E-state index contributed by atoms with van der Waals surface area (Å²) >= 11 is 0. The van der Waals surface area contributed by atoms with Crippen molar-refractivity contribution >= 4 is 0 Å². The fraction of sp³-hybridized carbons (Fsp3) is 0.750. The number of aromatic nitrogens is 2. The predicted octanol–water partition coefficient (Wildman–Crippen LogP) is 2.68. The molecule has 0 spiro atoms. The maximum atomic E-state index is 9.77. The second kappa shape index (κ2) is 5.97. The van der Waals surface area contributed by atoms with Crippen LogP contribution >= 0.6 is 0 Å². The van der Waals surface area contributed by atoms with Gasteiger partial charge >= 0.3 is 0 Å². The lowest BCUT2D eigenvalue weighted by Crippen LogP contribution is -2.52. The fourth-order valence-electron chi connectivity index (χ4n) is 2.89. The van der Waals surface area contributed by atoms with E-state index in [1.54, 1.807) is 0 Å². The van der Waals surface area contributed by atoms with Crippen LogP contribution in [0.4, 0.5) is 0 Å². The van der Waals surface area contributed by atoms with Crippen LogP contribution in [-0.4, -0.2) is 21.4 Å². The monoisotopic (exact) mass is 274 g/mol. The van der Waals surface area contributed by atoms with Crippen molar-refractivity contribution in [2.24, 2.45) is 5.92 Å². The first-order valence-corrected chi connectivity index (χ1v) is 7.79. The molecule has 4 heteroatoms. The van der Waals surface area contributed by atoms with E-state index in [1.165, 1.54) is 5.69 Å². The summed E-state index contributed by atoms with van der Waals surface area (Å²) in [6, 6.07) is 5.04. The Hall–Kier alpha value is -1.34. The van der Waals surface area contributed by atoms with Gasteiger partial charge in [0.15, 0.2) is 0 Å². The van der Waals surface area contributed by atoms with Gasteiger partial charge in [-0.15, -0.1) is 0 Å². The highest BCUT2D eigenvalue weighted by Gasteiger charge is 2.46. The van der Waals surface area contributed by atoms with Crippen LogP contribution in [0.25, 0.3) is 0 Å². The van der Waals surface area contributed by atoms with Crippen LogP contribution in [-0.2, 0) is 19.4 Å². The highest BCUT2D eigenvalue weighted by Crippen LogP contribution is 2.40. The number of nitrogens with zero attached hydrogens (tertiary/aromatic N) is 3. The highest BCUT2D eigenvalue weighted by atomic mass is 15.3. The van der Waals surface area contributed by atoms with E-state index >= 15 is 0 Å². The summed E-state index contributed by atoms with van der Waals surface area (Å²) < 4.78 is 2.05. The van der Waals surface area contributed by atoms with Gasteiger partial charge in [-0.3, -0.25) is 10.00 Å². The van der Waals surface area contributed by atoms with E-state index < -0.39 is 5.54 Å². The number of nitriles is 1. The highest BCUT2D eigenvalue weighted by molar-refractivity contribution is 5.18. The first-order chi connectivity index (χ1) is 9.54. The number of hydrogen-bond acceptors (Lipinski definition) is 3. The maximum Gasteiger partial charge on any atom is 0.129 e. The molecule has 0 radical (unpaired) electrons. The molecule has 1 N–H and O–H groups in total. The van der Waals surface area contributed by atoms with Crippen LogP contribution in [0.1, 0.15) is 51.9 Å². The molecule has 0 amide bonds. The van der Waals surface area contributed by atoms with Gasteiger partial charge in [-0.05, 0) is 51.5 Å². The van der Waals surface area contributed by atoms with Crippen molar-refractivity contribution in [3.63, 3.8) is 0 Å². The quantitative estimate of drug-likeness (QED) is 0.831. The van der Waals surface area contributed by atoms with E-state index in [0.717, 1.165) is 31.4 Å². The molecule has 1 aromatic heterocycles. The summed E-state index contributed by atoms with van der Waals surface area (Å²) in [5, 5.41) is 18.0. The Morgan fingerprint density at radius 1 is 1.45 bits per heavy atom. The molecule has 1 aliphatic rings. The Morgan fingerprint density at radius 2 is 2.15 bits per heavy atom. The van der Waals surface area contributed by atoms with Gasteiger partial charge < -0.3 is 0 Å². The van der Waals surface area contributed by atoms with Crippen LogP contribution in [0.5, 0.6) is 0 Å². The Balaban J connectivity index is 2.27. The van der Waals surface area contributed by atoms with Crippen molar-refractivity contribution in [2.75, 3.05) is 0 Å². The molecule has 0 aliphatic heterocycles. The minimum absolute atomic E-state index is 0.307. The SMILES string of the molecule is CCc1cc(CC)n(CC(C#N)(NC(C)C)C2CC2)n1. The van der Waals surface area contributed by atoms with E-state index in [-0.39, 0.29) is 0 Å². The predicted molar refractivity (Wildman–Crippen MR) is 80.3 cm³/mol. The van der Waals surface area contributed by atoms with Gasteiger partial charge in [-0.25, -0.2) is 0 Å². The molecule has 0 saturated heterocycles. The molecular formula is C16H26N4. The van der Waals surface area contributed by atoms with Gasteiger partial charge in [-0.1, -0.05) is 13.8 Å². The third-order valence-corrected chi connectivity index (χ3v) is 4.06. The molecule has 1 aromatic rings. The van der Waals surface area contributed by atoms with Crippen LogP contribution in [0, 0.1) is 17.2 Å².